The van der Waals surface area contributed by atoms with Gasteiger partial charge < -0.3 is 15.7 Å². The van der Waals surface area contributed by atoms with Crippen LogP contribution in [0.25, 0.3) is 0 Å². The zero-order valence-corrected chi connectivity index (χ0v) is 15.6. The fraction of sp³-hybridized carbons (Fsp3) is 0.938. The average molecular weight is 318 g/mol. The van der Waals surface area contributed by atoms with Crippen molar-refractivity contribution in [3.8, 4) is 0 Å². The second-order valence-electron chi connectivity index (χ2n) is 6.24. The highest BCUT2D eigenvalue weighted by molar-refractivity contribution is 7.99. The smallest absolute Gasteiger partial charge is 0.191 e. The Hall–Kier alpha value is -0.420. The van der Waals surface area contributed by atoms with Crippen LogP contribution in [0.3, 0.4) is 0 Å². The minimum atomic E-state index is -0.666. The minimum absolute atomic E-state index is 0.166. The molecule has 0 atom stereocenters. The molecule has 0 fully saturated rings. The molecule has 0 amide bonds. The second kappa shape index (κ2) is 10.3. The zero-order chi connectivity index (χ0) is 16.4. The number of rotatable bonds is 10. The Labute approximate surface area is 135 Å². The summed E-state index contributed by atoms with van der Waals surface area (Å²) in [5.74, 6) is 0.797. The first kappa shape index (κ1) is 20.6. The van der Waals surface area contributed by atoms with Gasteiger partial charge in [-0.15, -0.1) is 0 Å². The van der Waals surface area contributed by atoms with Gasteiger partial charge in [-0.1, -0.05) is 26.7 Å². The highest BCUT2D eigenvalue weighted by Gasteiger charge is 2.24. The Balaban J connectivity index is 4.69. The molecule has 5 heteroatoms. The van der Waals surface area contributed by atoms with Crippen LogP contribution in [0.5, 0.6) is 0 Å². The van der Waals surface area contributed by atoms with Gasteiger partial charge in [-0.3, -0.25) is 4.99 Å². The summed E-state index contributed by atoms with van der Waals surface area (Å²) in [4.78, 5) is 4.60. The van der Waals surface area contributed by atoms with E-state index in [1.54, 1.807) is 0 Å². The number of thioether (sulfide) groups is 1. The zero-order valence-electron chi connectivity index (χ0n) is 14.8. The van der Waals surface area contributed by atoms with Crippen LogP contribution in [0, 0.1) is 0 Å². The molecule has 0 heterocycles. The quantitative estimate of drug-likeness (QED) is 0.428. The molecule has 0 aromatic rings. The number of aliphatic hydroxyl groups is 1. The summed E-state index contributed by atoms with van der Waals surface area (Å²) in [5, 5.41) is 17.3. The number of guanidine groups is 1. The Morgan fingerprint density at radius 3 is 2.10 bits per heavy atom. The highest BCUT2D eigenvalue weighted by Crippen LogP contribution is 2.21. The Morgan fingerprint density at radius 2 is 1.67 bits per heavy atom. The van der Waals surface area contributed by atoms with E-state index in [-0.39, 0.29) is 4.75 Å². The first-order chi connectivity index (χ1) is 9.82. The van der Waals surface area contributed by atoms with Gasteiger partial charge in [0.1, 0.15) is 0 Å². The molecule has 0 bridgehead atoms. The fourth-order valence-corrected chi connectivity index (χ4v) is 2.37. The van der Waals surface area contributed by atoms with Crippen LogP contribution >= 0.6 is 11.8 Å². The highest BCUT2D eigenvalue weighted by atomic mass is 32.2. The summed E-state index contributed by atoms with van der Waals surface area (Å²) in [6.45, 7) is 12.8. The molecular weight excluding hydrogens is 282 g/mol. The van der Waals surface area contributed by atoms with Crippen LogP contribution in [0.4, 0.5) is 0 Å². The third-order valence-electron chi connectivity index (χ3n) is 3.54. The van der Waals surface area contributed by atoms with Crippen molar-refractivity contribution in [3.63, 3.8) is 0 Å². The van der Waals surface area contributed by atoms with E-state index in [9.17, 15) is 5.11 Å². The lowest BCUT2D eigenvalue weighted by Gasteiger charge is -2.27. The number of nitrogens with one attached hydrogen (secondary N) is 2. The number of aliphatic imine (C=N–C) groups is 1. The summed E-state index contributed by atoms with van der Waals surface area (Å²) >= 11 is 1.83. The Morgan fingerprint density at radius 1 is 1.10 bits per heavy atom. The van der Waals surface area contributed by atoms with Gasteiger partial charge in [0.25, 0.3) is 0 Å². The van der Waals surface area contributed by atoms with E-state index < -0.39 is 5.60 Å². The van der Waals surface area contributed by atoms with Crippen molar-refractivity contribution in [3.05, 3.63) is 0 Å². The van der Waals surface area contributed by atoms with Gasteiger partial charge in [0, 0.05) is 17.8 Å². The molecule has 0 spiro atoms. The van der Waals surface area contributed by atoms with Crippen LogP contribution in [-0.4, -0.2) is 47.3 Å². The number of nitrogens with zero attached hydrogens (tertiary/aromatic N) is 1. The van der Waals surface area contributed by atoms with Crippen molar-refractivity contribution in [2.24, 2.45) is 4.99 Å². The van der Waals surface area contributed by atoms with Crippen LogP contribution in [0.2, 0.25) is 0 Å². The summed E-state index contributed by atoms with van der Waals surface area (Å²) in [5.41, 5.74) is -0.666. The van der Waals surface area contributed by atoms with E-state index in [4.69, 9.17) is 0 Å². The monoisotopic (exact) mass is 317 g/mol. The Bertz CT molecular complexity index is 300. The molecule has 3 N–H and O–H groups in total. The molecule has 0 aromatic carbocycles. The maximum absolute atomic E-state index is 10.6. The maximum Gasteiger partial charge on any atom is 0.191 e. The molecule has 0 aromatic heterocycles. The molecule has 21 heavy (non-hydrogen) atoms. The van der Waals surface area contributed by atoms with Crippen LogP contribution in [0.15, 0.2) is 4.99 Å². The fourth-order valence-electron chi connectivity index (χ4n) is 2.15. The van der Waals surface area contributed by atoms with Gasteiger partial charge in [0.15, 0.2) is 5.96 Å². The van der Waals surface area contributed by atoms with Crippen molar-refractivity contribution >= 4 is 17.7 Å². The first-order valence-corrected chi connectivity index (χ1v) is 9.34. The topological polar surface area (TPSA) is 56.7 Å². The van der Waals surface area contributed by atoms with E-state index in [2.05, 4.69) is 56.5 Å². The lowest BCUT2D eigenvalue weighted by molar-refractivity contribution is 0.0306. The Kier molecular flexibility index (Phi) is 10.1. The third-order valence-corrected chi connectivity index (χ3v) is 4.79. The van der Waals surface area contributed by atoms with Crippen LogP contribution in [-0.2, 0) is 0 Å². The van der Waals surface area contributed by atoms with Crippen molar-refractivity contribution in [2.45, 2.75) is 70.7 Å². The lowest BCUT2D eigenvalue weighted by atomic mass is 9.93. The van der Waals surface area contributed by atoms with Gasteiger partial charge in [-0.05, 0) is 39.9 Å². The van der Waals surface area contributed by atoms with E-state index >= 15 is 0 Å². The van der Waals surface area contributed by atoms with Crippen molar-refractivity contribution in [1.82, 2.24) is 10.6 Å². The normalized spacial score (nSPS) is 13.4. The van der Waals surface area contributed by atoms with E-state index in [0.29, 0.717) is 6.54 Å². The SMILES string of the molecule is CCCC(O)(CCC)CN=C(NCC)NCC(C)(C)SC. The van der Waals surface area contributed by atoms with Gasteiger partial charge in [0.05, 0.1) is 12.1 Å². The lowest BCUT2D eigenvalue weighted by Crippen LogP contribution is -2.44. The molecule has 0 saturated carbocycles. The number of hydrogen-bond donors (Lipinski definition) is 3. The third kappa shape index (κ3) is 9.25. The summed E-state index contributed by atoms with van der Waals surface area (Å²) in [7, 11) is 0. The second-order valence-corrected chi connectivity index (χ2v) is 7.75. The molecule has 0 unspecified atom stereocenters. The van der Waals surface area contributed by atoms with Crippen LogP contribution in [0.1, 0.15) is 60.3 Å². The first-order valence-electron chi connectivity index (χ1n) is 8.12. The van der Waals surface area contributed by atoms with Crippen molar-refractivity contribution in [1.29, 1.82) is 0 Å². The van der Waals surface area contributed by atoms with Crippen LogP contribution < -0.4 is 10.6 Å². The molecule has 126 valence electrons. The molecule has 0 aliphatic heterocycles. The predicted octanol–water partition coefficient (Wildman–Crippen LogP) is 3.01. The molecule has 0 aliphatic rings. The van der Waals surface area contributed by atoms with E-state index in [0.717, 1.165) is 44.7 Å². The summed E-state index contributed by atoms with van der Waals surface area (Å²) in [6, 6.07) is 0. The van der Waals surface area contributed by atoms with E-state index in [1.807, 2.05) is 11.8 Å². The molecule has 4 nitrogen and oxygen atoms in total. The average Bonchev–Trinajstić information content (AvgIpc) is 2.42. The maximum atomic E-state index is 10.6. The molecular formula is C16H35N3OS. The molecule has 0 saturated heterocycles. The standard InChI is InChI=1S/C16H35N3OS/c1-7-10-16(20,11-8-2)13-19-14(17-9-3)18-12-15(4,5)21-6/h20H,7-13H2,1-6H3,(H2,17,18,19). The number of hydrogen-bond acceptors (Lipinski definition) is 3. The van der Waals surface area contributed by atoms with Gasteiger partial charge in [0.2, 0.25) is 0 Å². The van der Waals surface area contributed by atoms with Gasteiger partial charge in [-0.2, -0.15) is 11.8 Å². The molecule has 0 aliphatic carbocycles. The minimum Gasteiger partial charge on any atom is -0.388 e. The van der Waals surface area contributed by atoms with Crippen molar-refractivity contribution in [2.75, 3.05) is 25.9 Å². The summed E-state index contributed by atoms with van der Waals surface area (Å²) in [6.07, 6.45) is 5.69. The van der Waals surface area contributed by atoms with Crippen molar-refractivity contribution < 1.29 is 5.11 Å². The molecule has 0 rings (SSSR count). The van der Waals surface area contributed by atoms with Gasteiger partial charge >= 0.3 is 0 Å². The van der Waals surface area contributed by atoms with E-state index in [1.165, 1.54) is 0 Å². The van der Waals surface area contributed by atoms with Gasteiger partial charge in [-0.25, -0.2) is 0 Å². The summed E-state index contributed by atoms with van der Waals surface area (Å²) < 4.78 is 0.166. The largest absolute Gasteiger partial charge is 0.388 e. The predicted molar refractivity (Wildman–Crippen MR) is 96.3 cm³/mol. The molecule has 0 radical (unpaired) electrons.